The SMILES string of the molecule is O=C(CCCc1nc2ccccc2s1)N[C@H]1CCOc2ccccc21. The summed E-state index contributed by atoms with van der Waals surface area (Å²) in [6, 6.07) is 16.1. The Morgan fingerprint density at radius 1 is 1.20 bits per heavy atom. The lowest BCUT2D eigenvalue weighted by atomic mass is 10.0. The van der Waals surface area contributed by atoms with E-state index in [9.17, 15) is 4.79 Å². The summed E-state index contributed by atoms with van der Waals surface area (Å²) in [7, 11) is 0. The van der Waals surface area contributed by atoms with Crippen LogP contribution in [-0.2, 0) is 11.2 Å². The summed E-state index contributed by atoms with van der Waals surface area (Å²) in [4.78, 5) is 16.9. The van der Waals surface area contributed by atoms with Crippen LogP contribution in [0.1, 0.15) is 35.9 Å². The van der Waals surface area contributed by atoms with Gasteiger partial charge in [0.05, 0.1) is 27.9 Å². The molecule has 1 aliphatic heterocycles. The van der Waals surface area contributed by atoms with Gasteiger partial charge in [0.2, 0.25) is 5.91 Å². The average molecular weight is 352 g/mol. The first-order chi connectivity index (χ1) is 12.3. The maximum Gasteiger partial charge on any atom is 0.220 e. The van der Waals surface area contributed by atoms with Gasteiger partial charge in [-0.05, 0) is 31.0 Å². The predicted molar refractivity (Wildman–Crippen MR) is 100.0 cm³/mol. The summed E-state index contributed by atoms with van der Waals surface area (Å²) < 4.78 is 6.85. The highest BCUT2D eigenvalue weighted by Gasteiger charge is 2.22. The number of para-hydroxylation sites is 2. The number of aryl methyl sites for hydroxylation is 1. The smallest absolute Gasteiger partial charge is 0.220 e. The molecule has 0 saturated heterocycles. The summed E-state index contributed by atoms with van der Waals surface area (Å²) in [5.74, 6) is 0.983. The van der Waals surface area contributed by atoms with E-state index < -0.39 is 0 Å². The predicted octanol–water partition coefficient (Wildman–Crippen LogP) is 4.26. The molecule has 0 radical (unpaired) electrons. The monoisotopic (exact) mass is 352 g/mol. The summed E-state index contributed by atoms with van der Waals surface area (Å²) in [5, 5.41) is 4.25. The standard InChI is InChI=1S/C20H20N2O2S/c23-19(21-15-12-13-24-17-8-3-1-6-14(15)17)10-5-11-20-22-16-7-2-4-9-18(16)25-20/h1-4,6-9,15H,5,10-13H2,(H,21,23)/t15-/m0/s1. The summed E-state index contributed by atoms with van der Waals surface area (Å²) in [5.41, 5.74) is 2.12. The third-order valence-corrected chi connectivity index (χ3v) is 5.52. The fraction of sp³-hybridized carbons (Fsp3) is 0.300. The minimum absolute atomic E-state index is 0.0555. The number of ether oxygens (including phenoxy) is 1. The second kappa shape index (κ2) is 7.23. The van der Waals surface area contributed by atoms with Crippen molar-refractivity contribution in [2.45, 2.75) is 31.7 Å². The zero-order valence-corrected chi connectivity index (χ0v) is 14.7. The molecule has 0 fully saturated rings. The Kier molecular flexibility index (Phi) is 4.65. The molecule has 0 aliphatic carbocycles. The highest BCUT2D eigenvalue weighted by Crippen LogP contribution is 2.31. The molecule has 128 valence electrons. The molecule has 0 bridgehead atoms. The van der Waals surface area contributed by atoms with Gasteiger partial charge in [-0.2, -0.15) is 0 Å². The van der Waals surface area contributed by atoms with Crippen LogP contribution in [0.2, 0.25) is 0 Å². The number of rotatable bonds is 5. The van der Waals surface area contributed by atoms with E-state index in [-0.39, 0.29) is 11.9 Å². The van der Waals surface area contributed by atoms with E-state index in [1.54, 1.807) is 11.3 Å². The molecule has 1 aromatic heterocycles. The van der Waals surface area contributed by atoms with E-state index in [0.717, 1.165) is 41.1 Å². The van der Waals surface area contributed by atoms with Crippen LogP contribution in [-0.4, -0.2) is 17.5 Å². The van der Waals surface area contributed by atoms with Crippen LogP contribution in [0.25, 0.3) is 10.2 Å². The average Bonchev–Trinajstić information content (AvgIpc) is 3.05. The van der Waals surface area contributed by atoms with E-state index in [4.69, 9.17) is 4.74 Å². The Morgan fingerprint density at radius 3 is 2.96 bits per heavy atom. The Bertz CT molecular complexity index is 857. The molecule has 25 heavy (non-hydrogen) atoms. The quantitative estimate of drug-likeness (QED) is 0.746. The largest absolute Gasteiger partial charge is 0.493 e. The van der Waals surface area contributed by atoms with Crippen molar-refractivity contribution in [3.63, 3.8) is 0 Å². The van der Waals surface area contributed by atoms with Gasteiger partial charge in [0.25, 0.3) is 0 Å². The number of fused-ring (bicyclic) bond motifs is 2. The van der Waals surface area contributed by atoms with Crippen molar-refractivity contribution in [1.29, 1.82) is 0 Å². The fourth-order valence-corrected chi connectivity index (χ4v) is 4.19. The fourth-order valence-electron chi connectivity index (χ4n) is 3.19. The second-order valence-electron chi connectivity index (χ2n) is 6.22. The second-order valence-corrected chi connectivity index (χ2v) is 7.34. The number of nitrogens with one attached hydrogen (secondary N) is 1. The zero-order chi connectivity index (χ0) is 17.1. The van der Waals surface area contributed by atoms with E-state index in [2.05, 4.69) is 16.4 Å². The number of hydrogen-bond acceptors (Lipinski definition) is 4. The molecule has 3 aromatic rings. The lowest BCUT2D eigenvalue weighted by molar-refractivity contribution is -0.122. The van der Waals surface area contributed by atoms with Crippen LogP contribution >= 0.6 is 11.3 Å². The molecule has 1 aliphatic rings. The van der Waals surface area contributed by atoms with Crippen LogP contribution in [0.5, 0.6) is 5.75 Å². The van der Waals surface area contributed by atoms with E-state index in [0.29, 0.717) is 13.0 Å². The lowest BCUT2D eigenvalue weighted by Crippen LogP contribution is -2.32. The molecule has 5 heteroatoms. The van der Waals surface area contributed by atoms with Crippen molar-refractivity contribution < 1.29 is 9.53 Å². The summed E-state index contributed by atoms with van der Waals surface area (Å²) in [6.07, 6.45) is 3.00. The Labute approximate surface area is 150 Å². The molecule has 4 rings (SSSR count). The van der Waals surface area contributed by atoms with Crippen LogP contribution in [0, 0.1) is 0 Å². The van der Waals surface area contributed by atoms with Gasteiger partial charge in [-0.3, -0.25) is 4.79 Å². The van der Waals surface area contributed by atoms with E-state index >= 15 is 0 Å². The van der Waals surface area contributed by atoms with E-state index in [1.165, 1.54) is 4.70 Å². The topological polar surface area (TPSA) is 51.2 Å². The van der Waals surface area contributed by atoms with Crippen molar-refractivity contribution in [3.8, 4) is 5.75 Å². The van der Waals surface area contributed by atoms with Gasteiger partial charge in [-0.15, -0.1) is 11.3 Å². The molecular weight excluding hydrogens is 332 g/mol. The first kappa shape index (κ1) is 16.1. The van der Waals surface area contributed by atoms with Gasteiger partial charge >= 0.3 is 0 Å². The maximum atomic E-state index is 12.3. The molecule has 2 heterocycles. The van der Waals surface area contributed by atoms with Crippen molar-refractivity contribution in [2.75, 3.05) is 6.61 Å². The summed E-state index contributed by atoms with van der Waals surface area (Å²) >= 11 is 1.72. The highest BCUT2D eigenvalue weighted by atomic mass is 32.1. The molecule has 1 N–H and O–H groups in total. The van der Waals surface area contributed by atoms with Crippen LogP contribution < -0.4 is 10.1 Å². The Balaban J connectivity index is 1.31. The Hall–Kier alpha value is -2.40. The Morgan fingerprint density at radius 2 is 2.04 bits per heavy atom. The molecule has 2 aromatic carbocycles. The lowest BCUT2D eigenvalue weighted by Gasteiger charge is -2.26. The van der Waals surface area contributed by atoms with Crippen LogP contribution in [0.3, 0.4) is 0 Å². The number of carbonyl (C=O) groups is 1. The third kappa shape index (κ3) is 3.66. The number of benzene rings is 2. The normalized spacial score (nSPS) is 16.2. The van der Waals surface area contributed by atoms with Crippen LogP contribution in [0.15, 0.2) is 48.5 Å². The molecule has 0 saturated carbocycles. The van der Waals surface area contributed by atoms with Gasteiger partial charge in [0.15, 0.2) is 0 Å². The molecule has 0 spiro atoms. The van der Waals surface area contributed by atoms with Gasteiger partial charge in [0.1, 0.15) is 5.75 Å². The van der Waals surface area contributed by atoms with Crippen LogP contribution in [0.4, 0.5) is 0 Å². The number of nitrogens with zero attached hydrogens (tertiary/aromatic N) is 1. The van der Waals surface area contributed by atoms with Gasteiger partial charge in [-0.1, -0.05) is 30.3 Å². The first-order valence-electron chi connectivity index (χ1n) is 8.65. The van der Waals surface area contributed by atoms with Gasteiger partial charge in [-0.25, -0.2) is 4.98 Å². The summed E-state index contributed by atoms with van der Waals surface area (Å²) in [6.45, 7) is 0.646. The molecular formula is C20H20N2O2S. The van der Waals surface area contributed by atoms with E-state index in [1.807, 2.05) is 42.5 Å². The molecule has 0 unspecified atom stereocenters. The number of aromatic nitrogens is 1. The maximum absolute atomic E-state index is 12.3. The third-order valence-electron chi connectivity index (χ3n) is 4.43. The molecule has 1 atom stereocenters. The molecule has 4 nitrogen and oxygen atoms in total. The van der Waals surface area contributed by atoms with Gasteiger partial charge < -0.3 is 10.1 Å². The van der Waals surface area contributed by atoms with Crippen molar-refractivity contribution >= 4 is 27.5 Å². The zero-order valence-electron chi connectivity index (χ0n) is 13.9. The molecule has 1 amide bonds. The minimum Gasteiger partial charge on any atom is -0.493 e. The van der Waals surface area contributed by atoms with Crippen molar-refractivity contribution in [2.24, 2.45) is 0 Å². The van der Waals surface area contributed by atoms with Crippen molar-refractivity contribution in [3.05, 3.63) is 59.1 Å². The number of thiazole rings is 1. The first-order valence-corrected chi connectivity index (χ1v) is 9.47. The number of hydrogen-bond donors (Lipinski definition) is 1. The highest BCUT2D eigenvalue weighted by molar-refractivity contribution is 7.18. The number of amides is 1. The van der Waals surface area contributed by atoms with Crippen molar-refractivity contribution in [1.82, 2.24) is 10.3 Å². The van der Waals surface area contributed by atoms with Gasteiger partial charge in [0, 0.05) is 18.4 Å². The number of carbonyl (C=O) groups excluding carboxylic acids is 1. The minimum atomic E-state index is 0.0555.